The minimum atomic E-state index is -3.86. The molecule has 0 aliphatic carbocycles. The van der Waals surface area contributed by atoms with Gasteiger partial charge >= 0.3 is 5.97 Å². The number of sulfonamides is 1. The zero-order valence-corrected chi connectivity index (χ0v) is 14.3. The number of rotatable bonds is 5. The summed E-state index contributed by atoms with van der Waals surface area (Å²) in [6, 6.07) is 14.6. The van der Waals surface area contributed by atoms with E-state index in [2.05, 4.69) is 9.71 Å². The van der Waals surface area contributed by atoms with E-state index in [0.717, 1.165) is 5.39 Å². The van der Waals surface area contributed by atoms with Crippen molar-refractivity contribution in [1.82, 2.24) is 4.98 Å². The molecule has 6 nitrogen and oxygen atoms in total. The second kappa shape index (κ2) is 6.90. The summed E-state index contributed by atoms with van der Waals surface area (Å²) in [5.41, 5.74) is 0.940. The Hall–Kier alpha value is -2.93. The van der Waals surface area contributed by atoms with Crippen LogP contribution in [0.5, 0.6) is 0 Å². The van der Waals surface area contributed by atoms with Gasteiger partial charge in [-0.1, -0.05) is 24.3 Å². The van der Waals surface area contributed by atoms with Crippen LogP contribution in [0.1, 0.15) is 17.3 Å². The van der Waals surface area contributed by atoms with Crippen molar-refractivity contribution in [2.45, 2.75) is 11.8 Å². The Labute approximate surface area is 145 Å². The molecule has 0 aliphatic rings. The Morgan fingerprint density at radius 3 is 2.68 bits per heavy atom. The lowest BCUT2D eigenvalue weighted by Crippen LogP contribution is -2.14. The number of esters is 1. The normalized spacial score (nSPS) is 11.2. The fourth-order valence-corrected chi connectivity index (χ4v) is 3.66. The van der Waals surface area contributed by atoms with E-state index in [9.17, 15) is 13.2 Å². The summed E-state index contributed by atoms with van der Waals surface area (Å²) in [4.78, 5) is 16.0. The summed E-state index contributed by atoms with van der Waals surface area (Å²) in [5, 5.41) is 0.727. The first-order chi connectivity index (χ1) is 12.0. The van der Waals surface area contributed by atoms with Crippen LogP contribution < -0.4 is 4.72 Å². The minimum Gasteiger partial charge on any atom is -0.462 e. The molecule has 0 radical (unpaired) electrons. The third kappa shape index (κ3) is 3.61. The molecule has 0 atom stereocenters. The van der Waals surface area contributed by atoms with E-state index in [0.29, 0.717) is 5.52 Å². The average Bonchev–Trinajstić information content (AvgIpc) is 2.61. The molecule has 2 aromatic carbocycles. The zero-order valence-electron chi connectivity index (χ0n) is 13.5. The highest BCUT2D eigenvalue weighted by atomic mass is 32.2. The molecule has 0 spiro atoms. The smallest absolute Gasteiger partial charge is 0.338 e. The van der Waals surface area contributed by atoms with Crippen LogP contribution in [0.2, 0.25) is 0 Å². The SMILES string of the molecule is CCOC(=O)c1cccc(NS(=O)(=O)c2cccc3cccnc23)c1. The molecule has 1 heterocycles. The number of nitrogens with one attached hydrogen (secondary N) is 1. The number of carbonyl (C=O) groups excluding carboxylic acids is 1. The molecule has 0 saturated carbocycles. The van der Waals surface area contributed by atoms with Crippen LogP contribution in [0, 0.1) is 0 Å². The fourth-order valence-electron chi connectivity index (χ4n) is 2.43. The number of nitrogens with zero attached hydrogens (tertiary/aromatic N) is 1. The molecule has 0 aliphatic heterocycles. The zero-order chi connectivity index (χ0) is 17.9. The second-order valence-corrected chi connectivity index (χ2v) is 6.89. The number of pyridine rings is 1. The van der Waals surface area contributed by atoms with Crippen molar-refractivity contribution in [2.24, 2.45) is 0 Å². The number of carbonyl (C=O) groups is 1. The summed E-state index contributed by atoms with van der Waals surface area (Å²) in [6.07, 6.45) is 1.54. The van der Waals surface area contributed by atoms with E-state index in [1.54, 1.807) is 55.6 Å². The summed E-state index contributed by atoms with van der Waals surface area (Å²) in [5.74, 6) is -0.504. The maximum Gasteiger partial charge on any atom is 0.338 e. The van der Waals surface area contributed by atoms with E-state index < -0.39 is 16.0 Å². The highest BCUT2D eigenvalue weighted by Gasteiger charge is 2.19. The summed E-state index contributed by atoms with van der Waals surface area (Å²) in [7, 11) is -3.86. The molecule has 128 valence electrons. The monoisotopic (exact) mass is 356 g/mol. The van der Waals surface area contributed by atoms with Crippen molar-refractivity contribution in [2.75, 3.05) is 11.3 Å². The summed E-state index contributed by atoms with van der Waals surface area (Å²) < 4.78 is 32.9. The number of aromatic nitrogens is 1. The van der Waals surface area contributed by atoms with Crippen molar-refractivity contribution in [1.29, 1.82) is 0 Å². The van der Waals surface area contributed by atoms with Crippen molar-refractivity contribution in [3.63, 3.8) is 0 Å². The van der Waals surface area contributed by atoms with Gasteiger partial charge in [-0.15, -0.1) is 0 Å². The first-order valence-corrected chi connectivity index (χ1v) is 9.13. The van der Waals surface area contributed by atoms with Crippen molar-refractivity contribution in [3.8, 4) is 0 Å². The standard InChI is InChI=1S/C18H16N2O4S/c1-2-24-18(21)14-7-3-9-15(12-14)20-25(22,23)16-10-4-6-13-8-5-11-19-17(13)16/h3-12,20H,2H2,1H3. The molecule has 7 heteroatoms. The Bertz CT molecular complexity index is 1030. The Balaban J connectivity index is 1.97. The molecule has 0 amide bonds. The molecule has 0 bridgehead atoms. The predicted octanol–water partition coefficient (Wildman–Crippen LogP) is 3.21. The molecule has 25 heavy (non-hydrogen) atoms. The number of anilines is 1. The van der Waals surface area contributed by atoms with Gasteiger partial charge in [0, 0.05) is 17.3 Å². The Kier molecular flexibility index (Phi) is 4.67. The van der Waals surface area contributed by atoms with Crippen LogP contribution in [0.25, 0.3) is 10.9 Å². The molecule has 1 N–H and O–H groups in total. The lowest BCUT2D eigenvalue weighted by Gasteiger charge is -2.11. The van der Waals surface area contributed by atoms with Crippen molar-refractivity contribution in [3.05, 3.63) is 66.4 Å². The number of fused-ring (bicyclic) bond motifs is 1. The third-order valence-electron chi connectivity index (χ3n) is 3.51. The van der Waals surface area contributed by atoms with Gasteiger partial charge in [-0.25, -0.2) is 13.2 Å². The quantitative estimate of drug-likeness (QED) is 0.710. The van der Waals surface area contributed by atoms with Crippen molar-refractivity contribution >= 4 is 32.6 Å². The van der Waals surface area contributed by atoms with Crippen LogP contribution >= 0.6 is 0 Å². The topological polar surface area (TPSA) is 85.4 Å². The molecule has 3 aromatic rings. The lowest BCUT2D eigenvalue weighted by atomic mass is 10.2. The van der Waals surface area contributed by atoms with Crippen LogP contribution in [-0.2, 0) is 14.8 Å². The number of ether oxygens (including phenoxy) is 1. The first kappa shape index (κ1) is 16.9. The van der Waals surface area contributed by atoms with Crippen LogP contribution in [-0.4, -0.2) is 26.0 Å². The van der Waals surface area contributed by atoms with E-state index >= 15 is 0 Å². The van der Waals surface area contributed by atoms with Crippen LogP contribution in [0.4, 0.5) is 5.69 Å². The largest absolute Gasteiger partial charge is 0.462 e. The molecular weight excluding hydrogens is 340 g/mol. The van der Waals surface area contributed by atoms with E-state index in [1.807, 2.05) is 0 Å². The predicted molar refractivity (Wildman–Crippen MR) is 95.0 cm³/mol. The number of hydrogen-bond acceptors (Lipinski definition) is 5. The molecule has 0 fully saturated rings. The van der Waals surface area contributed by atoms with Gasteiger partial charge in [0.15, 0.2) is 0 Å². The maximum absolute atomic E-state index is 12.8. The first-order valence-electron chi connectivity index (χ1n) is 7.65. The second-order valence-electron chi connectivity index (χ2n) is 5.24. The highest BCUT2D eigenvalue weighted by Crippen LogP contribution is 2.23. The van der Waals surface area contributed by atoms with Gasteiger partial charge in [-0.05, 0) is 37.3 Å². The van der Waals surface area contributed by atoms with E-state index in [1.165, 1.54) is 12.1 Å². The van der Waals surface area contributed by atoms with Gasteiger partial charge in [0.2, 0.25) is 0 Å². The van der Waals surface area contributed by atoms with E-state index in [-0.39, 0.29) is 22.8 Å². The molecule has 1 aromatic heterocycles. The van der Waals surface area contributed by atoms with Crippen molar-refractivity contribution < 1.29 is 17.9 Å². The van der Waals surface area contributed by atoms with Crippen LogP contribution in [0.3, 0.4) is 0 Å². The van der Waals surface area contributed by atoms with Crippen LogP contribution in [0.15, 0.2) is 65.7 Å². The average molecular weight is 356 g/mol. The maximum atomic E-state index is 12.8. The number of benzene rings is 2. The Morgan fingerprint density at radius 2 is 1.88 bits per heavy atom. The fraction of sp³-hybridized carbons (Fsp3) is 0.111. The van der Waals surface area contributed by atoms with Gasteiger partial charge in [-0.2, -0.15) is 0 Å². The molecular formula is C18H16N2O4S. The van der Waals surface area contributed by atoms with E-state index in [4.69, 9.17) is 4.74 Å². The summed E-state index contributed by atoms with van der Waals surface area (Å²) >= 11 is 0. The molecule has 3 rings (SSSR count). The van der Waals surface area contributed by atoms with Gasteiger partial charge in [0.25, 0.3) is 10.0 Å². The third-order valence-corrected chi connectivity index (χ3v) is 4.92. The minimum absolute atomic E-state index is 0.0761. The molecule has 0 saturated heterocycles. The van der Waals surface area contributed by atoms with Gasteiger partial charge in [0.05, 0.1) is 17.7 Å². The van der Waals surface area contributed by atoms with Gasteiger partial charge < -0.3 is 4.74 Å². The Morgan fingerprint density at radius 1 is 1.12 bits per heavy atom. The molecule has 0 unspecified atom stereocenters. The highest BCUT2D eigenvalue weighted by molar-refractivity contribution is 7.93. The summed E-state index contributed by atoms with van der Waals surface area (Å²) in [6.45, 7) is 1.95. The lowest BCUT2D eigenvalue weighted by molar-refractivity contribution is 0.0526. The van der Waals surface area contributed by atoms with Gasteiger partial charge in [0.1, 0.15) is 4.90 Å². The number of para-hydroxylation sites is 1. The number of hydrogen-bond donors (Lipinski definition) is 1. The van der Waals surface area contributed by atoms with Gasteiger partial charge in [-0.3, -0.25) is 9.71 Å².